The molecule has 2 N–H and O–H groups in total. The summed E-state index contributed by atoms with van der Waals surface area (Å²) >= 11 is 0. The van der Waals surface area contributed by atoms with Crippen LogP contribution in [0.15, 0.2) is 67.0 Å². The van der Waals surface area contributed by atoms with Gasteiger partial charge in [-0.15, -0.1) is 0 Å². The summed E-state index contributed by atoms with van der Waals surface area (Å²) in [6.45, 7) is 2.55. The van der Waals surface area contributed by atoms with Crippen molar-refractivity contribution in [3.8, 4) is 11.4 Å². The molecule has 2 heterocycles. The molecule has 8 heteroatoms. The Morgan fingerprint density at radius 2 is 1.74 bits per heavy atom. The van der Waals surface area contributed by atoms with Gasteiger partial charge in [-0.05, 0) is 43.0 Å². The zero-order valence-electron chi connectivity index (χ0n) is 19.6. The van der Waals surface area contributed by atoms with E-state index in [2.05, 4.69) is 15.3 Å². The number of aromatic nitrogens is 2. The Labute approximate surface area is 204 Å². The molecule has 0 saturated carbocycles. The van der Waals surface area contributed by atoms with Gasteiger partial charge >= 0.3 is 5.97 Å². The van der Waals surface area contributed by atoms with Crippen molar-refractivity contribution in [2.45, 2.75) is 32.2 Å². The number of nitrogens with one attached hydrogen (secondary N) is 1. The summed E-state index contributed by atoms with van der Waals surface area (Å²) in [5.74, 6) is -1.50. The maximum atomic E-state index is 13.5. The van der Waals surface area contributed by atoms with E-state index < -0.39 is 17.9 Å². The van der Waals surface area contributed by atoms with Gasteiger partial charge in [0, 0.05) is 43.0 Å². The molecule has 1 aliphatic heterocycles. The summed E-state index contributed by atoms with van der Waals surface area (Å²) in [5, 5.41) is 12.3. The first-order chi connectivity index (χ1) is 16.9. The first kappa shape index (κ1) is 24.1. The zero-order valence-corrected chi connectivity index (χ0v) is 19.6. The average Bonchev–Trinajstić information content (AvgIpc) is 2.89. The third kappa shape index (κ3) is 6.09. The Morgan fingerprint density at radius 1 is 1.06 bits per heavy atom. The van der Waals surface area contributed by atoms with E-state index in [-0.39, 0.29) is 24.8 Å². The zero-order chi connectivity index (χ0) is 24.8. The summed E-state index contributed by atoms with van der Waals surface area (Å²) in [5.41, 5.74) is 3.15. The number of piperidine rings is 1. The highest BCUT2D eigenvalue weighted by Gasteiger charge is 2.32. The fourth-order valence-corrected chi connectivity index (χ4v) is 4.20. The average molecular weight is 473 g/mol. The number of aryl methyl sites for hydroxylation is 1. The lowest BCUT2D eigenvalue weighted by Gasteiger charge is -2.33. The van der Waals surface area contributed by atoms with Crippen LogP contribution in [0, 0.1) is 12.8 Å². The third-order valence-electron chi connectivity index (χ3n) is 6.15. The Morgan fingerprint density at radius 3 is 2.40 bits per heavy atom. The second-order valence-electron chi connectivity index (χ2n) is 8.84. The molecular weight excluding hydrogens is 444 g/mol. The summed E-state index contributed by atoms with van der Waals surface area (Å²) in [6.07, 6.45) is 4.96. The van der Waals surface area contributed by atoms with Gasteiger partial charge in [-0.25, -0.2) is 9.97 Å². The molecule has 0 radical (unpaired) electrons. The lowest BCUT2D eigenvalue weighted by atomic mass is 9.96. The highest BCUT2D eigenvalue weighted by Crippen LogP contribution is 2.20. The fourth-order valence-electron chi connectivity index (χ4n) is 4.20. The summed E-state index contributed by atoms with van der Waals surface area (Å²) in [6, 6.07) is 15.5. The molecule has 0 spiro atoms. The molecule has 1 aromatic heterocycles. The van der Waals surface area contributed by atoms with Crippen LogP contribution in [0.2, 0.25) is 0 Å². The van der Waals surface area contributed by atoms with Crippen LogP contribution < -0.4 is 5.32 Å². The van der Waals surface area contributed by atoms with E-state index in [1.54, 1.807) is 41.6 Å². The molecule has 0 bridgehead atoms. The first-order valence-corrected chi connectivity index (χ1v) is 11.7. The molecule has 2 atom stereocenters. The summed E-state index contributed by atoms with van der Waals surface area (Å²) < 4.78 is 0. The number of rotatable bonds is 7. The molecule has 2 aromatic carbocycles. The van der Waals surface area contributed by atoms with Crippen LogP contribution in [0.5, 0.6) is 0 Å². The number of nitrogens with zero attached hydrogens (tertiary/aromatic N) is 3. The number of amides is 2. The smallest absolute Gasteiger partial charge is 0.308 e. The molecule has 35 heavy (non-hydrogen) atoms. The van der Waals surface area contributed by atoms with Crippen LogP contribution in [-0.2, 0) is 16.0 Å². The summed E-state index contributed by atoms with van der Waals surface area (Å²) in [7, 11) is 0. The van der Waals surface area contributed by atoms with Crippen LogP contribution in [0.25, 0.3) is 11.4 Å². The number of carbonyl (C=O) groups excluding carboxylic acids is 2. The van der Waals surface area contributed by atoms with Crippen LogP contribution in [0.1, 0.15) is 34.3 Å². The third-order valence-corrected chi connectivity index (χ3v) is 6.15. The molecule has 4 rings (SSSR count). The van der Waals surface area contributed by atoms with E-state index in [0.717, 1.165) is 16.7 Å². The van der Waals surface area contributed by atoms with Gasteiger partial charge in [-0.1, -0.05) is 42.5 Å². The number of aliphatic carboxylic acids is 1. The molecule has 1 saturated heterocycles. The number of hydrogen-bond acceptors (Lipinski definition) is 5. The van der Waals surface area contributed by atoms with Crippen molar-refractivity contribution in [2.75, 3.05) is 13.1 Å². The van der Waals surface area contributed by atoms with Crippen LogP contribution >= 0.6 is 0 Å². The number of hydrogen-bond donors (Lipinski definition) is 2. The van der Waals surface area contributed by atoms with E-state index in [1.807, 2.05) is 37.3 Å². The van der Waals surface area contributed by atoms with Crippen LogP contribution in [0.4, 0.5) is 0 Å². The van der Waals surface area contributed by atoms with Gasteiger partial charge in [-0.2, -0.15) is 0 Å². The number of carboxylic acids is 1. The predicted molar refractivity (Wildman–Crippen MR) is 131 cm³/mol. The number of carbonyl (C=O) groups is 3. The van der Waals surface area contributed by atoms with Crippen molar-refractivity contribution < 1.29 is 19.5 Å². The van der Waals surface area contributed by atoms with Gasteiger partial charge in [0.2, 0.25) is 5.91 Å². The Kier molecular flexibility index (Phi) is 7.50. The topological polar surface area (TPSA) is 112 Å². The van der Waals surface area contributed by atoms with Gasteiger partial charge in [0.15, 0.2) is 5.82 Å². The molecule has 180 valence electrons. The Bertz CT molecular complexity index is 1180. The molecule has 0 aliphatic carbocycles. The van der Waals surface area contributed by atoms with Crippen molar-refractivity contribution in [2.24, 2.45) is 5.92 Å². The molecular formula is C27H28N4O4. The second-order valence-corrected chi connectivity index (χ2v) is 8.84. The predicted octanol–water partition coefficient (Wildman–Crippen LogP) is 3.12. The van der Waals surface area contributed by atoms with Gasteiger partial charge in [0.25, 0.3) is 5.91 Å². The minimum Gasteiger partial charge on any atom is -0.481 e. The monoisotopic (exact) mass is 472 g/mol. The largest absolute Gasteiger partial charge is 0.481 e. The molecule has 8 nitrogen and oxygen atoms in total. The van der Waals surface area contributed by atoms with Crippen molar-refractivity contribution in [1.82, 2.24) is 20.2 Å². The molecule has 1 aliphatic rings. The van der Waals surface area contributed by atoms with E-state index in [0.29, 0.717) is 30.8 Å². The maximum absolute atomic E-state index is 13.5. The Hall–Kier alpha value is -4.07. The molecule has 1 fully saturated rings. The van der Waals surface area contributed by atoms with Crippen molar-refractivity contribution in [3.05, 3.63) is 83.7 Å². The van der Waals surface area contributed by atoms with Gasteiger partial charge < -0.3 is 15.3 Å². The van der Waals surface area contributed by atoms with Gasteiger partial charge in [0.1, 0.15) is 6.04 Å². The quantitative estimate of drug-likeness (QED) is 0.546. The maximum Gasteiger partial charge on any atom is 0.308 e. The van der Waals surface area contributed by atoms with Crippen LogP contribution in [0.3, 0.4) is 0 Å². The van der Waals surface area contributed by atoms with E-state index in [1.165, 1.54) is 0 Å². The minimum atomic E-state index is -0.902. The van der Waals surface area contributed by atoms with Crippen molar-refractivity contribution in [1.29, 1.82) is 0 Å². The SMILES string of the molecule is Cc1cnc(-c2ccc(CC(NC(=O)c3ccccc3)C(=O)N3CCCC(C(=O)O)C3)cc2)nc1. The number of benzene rings is 2. The Balaban J connectivity index is 1.53. The van der Waals surface area contributed by atoms with Crippen molar-refractivity contribution in [3.63, 3.8) is 0 Å². The molecule has 2 unspecified atom stereocenters. The standard InChI is InChI=1S/C27H28N4O4/c1-18-15-28-24(29-16-18)20-11-9-19(10-12-20)14-23(30-25(32)21-6-3-2-4-7-21)26(33)31-13-5-8-22(17-31)27(34)35/h2-4,6-7,9-12,15-16,22-23H,5,8,13-14,17H2,1H3,(H,30,32)(H,34,35). The van der Waals surface area contributed by atoms with Crippen LogP contribution in [-0.4, -0.2) is 56.9 Å². The highest BCUT2D eigenvalue weighted by atomic mass is 16.4. The fraction of sp³-hybridized carbons (Fsp3) is 0.296. The summed E-state index contributed by atoms with van der Waals surface area (Å²) in [4.78, 5) is 48.1. The first-order valence-electron chi connectivity index (χ1n) is 11.7. The van der Waals surface area contributed by atoms with E-state index in [4.69, 9.17) is 0 Å². The molecule has 3 aromatic rings. The van der Waals surface area contributed by atoms with E-state index in [9.17, 15) is 19.5 Å². The number of likely N-dealkylation sites (tertiary alicyclic amines) is 1. The van der Waals surface area contributed by atoms with E-state index >= 15 is 0 Å². The van der Waals surface area contributed by atoms with Gasteiger partial charge in [0.05, 0.1) is 5.92 Å². The lowest BCUT2D eigenvalue weighted by Crippen LogP contribution is -2.53. The van der Waals surface area contributed by atoms with Crippen molar-refractivity contribution >= 4 is 17.8 Å². The van der Waals surface area contributed by atoms with Gasteiger partial charge in [-0.3, -0.25) is 14.4 Å². The molecule has 2 amide bonds. The second kappa shape index (κ2) is 10.9. The number of carboxylic acid groups (broad SMARTS) is 1. The highest BCUT2D eigenvalue weighted by molar-refractivity contribution is 5.97. The normalized spacial score (nSPS) is 16.4. The lowest BCUT2D eigenvalue weighted by molar-refractivity contribution is -0.146. The minimum absolute atomic E-state index is 0.148.